The van der Waals surface area contributed by atoms with Gasteiger partial charge in [0.1, 0.15) is 11.6 Å². The van der Waals surface area contributed by atoms with E-state index in [9.17, 15) is 13.6 Å². The first kappa shape index (κ1) is 23.8. The topological polar surface area (TPSA) is 75.2 Å². The van der Waals surface area contributed by atoms with Gasteiger partial charge in [-0.15, -0.1) is 5.10 Å². The van der Waals surface area contributed by atoms with Crippen molar-refractivity contribution in [1.29, 1.82) is 0 Å². The number of amides is 2. The second kappa shape index (κ2) is 10.8. The maximum Gasteiger partial charge on any atom is 0.365 e. The normalized spacial score (nSPS) is 21.8. The molecular weight excluding hydrogens is 442 g/mol. The molecule has 180 valence electrons. The molecule has 0 radical (unpaired) electrons. The molecule has 2 amide bonds. The summed E-state index contributed by atoms with van der Waals surface area (Å²) in [6, 6.07) is 11.7. The van der Waals surface area contributed by atoms with Gasteiger partial charge in [0.05, 0.1) is 12.7 Å². The Labute approximate surface area is 197 Å². The zero-order valence-corrected chi connectivity index (χ0v) is 19.0. The molecule has 2 aromatic carbocycles. The molecule has 2 aromatic rings. The summed E-state index contributed by atoms with van der Waals surface area (Å²) in [5, 5.41) is 8.89. The Morgan fingerprint density at radius 3 is 2.82 bits per heavy atom. The Morgan fingerprint density at radius 1 is 1.26 bits per heavy atom. The highest BCUT2D eigenvalue weighted by atomic mass is 19.1. The standard InChI is InChI=1S/C25H28F2N4O3/c1-33-30-24(32)31-25(18-9-4-2-5-10-18,15-8-16-28-20-11-6-3-7-12-20)34-23(29-31)21-17-19(26)13-14-22(21)27/h2,4-6,9-11,13-14,17,20,28H,3,7-8,12,15-16H2,1H3,(H,30,32). The van der Waals surface area contributed by atoms with Crippen molar-refractivity contribution in [2.24, 2.45) is 5.10 Å². The third kappa shape index (κ3) is 5.10. The van der Waals surface area contributed by atoms with Crippen molar-refractivity contribution in [2.75, 3.05) is 13.7 Å². The fourth-order valence-electron chi connectivity index (χ4n) is 4.28. The Balaban J connectivity index is 1.64. The molecule has 1 heterocycles. The highest BCUT2D eigenvalue weighted by Gasteiger charge is 2.50. The molecule has 0 aromatic heterocycles. The van der Waals surface area contributed by atoms with E-state index in [2.05, 4.69) is 28.1 Å². The molecule has 2 unspecified atom stereocenters. The number of halogens is 2. The minimum absolute atomic E-state index is 0.168. The maximum atomic E-state index is 14.6. The molecular formula is C25H28F2N4O3. The van der Waals surface area contributed by atoms with Gasteiger partial charge in [-0.2, -0.15) is 5.01 Å². The summed E-state index contributed by atoms with van der Waals surface area (Å²) >= 11 is 0. The van der Waals surface area contributed by atoms with E-state index in [1.807, 2.05) is 30.3 Å². The quantitative estimate of drug-likeness (QED) is 0.337. The number of allylic oxidation sites excluding steroid dienone is 1. The van der Waals surface area contributed by atoms with Gasteiger partial charge in [0.2, 0.25) is 11.6 Å². The smallest absolute Gasteiger partial charge is 0.365 e. The minimum atomic E-state index is -1.37. The summed E-state index contributed by atoms with van der Waals surface area (Å²) in [5.74, 6) is -1.53. The van der Waals surface area contributed by atoms with Gasteiger partial charge in [0.15, 0.2) is 0 Å². The highest BCUT2D eigenvalue weighted by molar-refractivity contribution is 5.97. The summed E-state index contributed by atoms with van der Waals surface area (Å²) in [5.41, 5.74) is 1.37. The number of hydrogen-bond donors (Lipinski definition) is 2. The zero-order chi connectivity index (χ0) is 24.0. The average Bonchev–Trinajstić information content (AvgIpc) is 3.25. The Bertz CT molecular complexity index is 1060. The predicted octanol–water partition coefficient (Wildman–Crippen LogP) is 4.56. The van der Waals surface area contributed by atoms with Crippen LogP contribution in [0.15, 0.2) is 65.8 Å². The molecule has 7 nitrogen and oxygen atoms in total. The first-order valence-corrected chi connectivity index (χ1v) is 11.4. The van der Waals surface area contributed by atoms with Gasteiger partial charge < -0.3 is 10.1 Å². The Morgan fingerprint density at radius 2 is 2.09 bits per heavy atom. The van der Waals surface area contributed by atoms with Crippen molar-refractivity contribution in [1.82, 2.24) is 15.8 Å². The third-order valence-corrected chi connectivity index (χ3v) is 5.92. The van der Waals surface area contributed by atoms with Gasteiger partial charge in [-0.25, -0.2) is 19.1 Å². The van der Waals surface area contributed by atoms with Crippen molar-refractivity contribution in [3.8, 4) is 0 Å². The monoisotopic (exact) mass is 470 g/mol. The van der Waals surface area contributed by atoms with Gasteiger partial charge in [0.25, 0.3) is 0 Å². The van der Waals surface area contributed by atoms with Crippen molar-refractivity contribution >= 4 is 11.9 Å². The number of carbonyl (C=O) groups is 1. The first-order valence-electron chi connectivity index (χ1n) is 11.4. The number of hydroxylamine groups is 1. The number of nitrogens with one attached hydrogen (secondary N) is 2. The molecule has 1 aliphatic carbocycles. The largest absolute Gasteiger partial charge is 0.443 e. The van der Waals surface area contributed by atoms with E-state index < -0.39 is 23.4 Å². The van der Waals surface area contributed by atoms with Crippen molar-refractivity contribution in [2.45, 2.75) is 43.9 Å². The molecule has 2 aliphatic rings. The van der Waals surface area contributed by atoms with Crippen LogP contribution < -0.4 is 10.8 Å². The van der Waals surface area contributed by atoms with Crippen LogP contribution in [0.2, 0.25) is 0 Å². The van der Waals surface area contributed by atoms with Crippen LogP contribution in [0.1, 0.15) is 43.2 Å². The summed E-state index contributed by atoms with van der Waals surface area (Å²) in [6.45, 7) is 0.677. The Kier molecular flexibility index (Phi) is 7.54. The average molecular weight is 471 g/mol. The van der Waals surface area contributed by atoms with Crippen LogP contribution in [0, 0.1) is 11.6 Å². The van der Waals surface area contributed by atoms with Crippen LogP contribution in [0.3, 0.4) is 0 Å². The molecule has 9 heteroatoms. The van der Waals surface area contributed by atoms with E-state index in [1.165, 1.54) is 7.11 Å². The van der Waals surface area contributed by atoms with Crippen LogP contribution >= 0.6 is 0 Å². The number of carbonyl (C=O) groups excluding carboxylic acids is 1. The van der Waals surface area contributed by atoms with Gasteiger partial charge in [-0.05, 0) is 50.4 Å². The summed E-state index contributed by atoms with van der Waals surface area (Å²) < 4.78 is 34.7. The van der Waals surface area contributed by atoms with E-state index in [1.54, 1.807) is 0 Å². The van der Waals surface area contributed by atoms with Crippen molar-refractivity contribution in [3.63, 3.8) is 0 Å². The van der Waals surface area contributed by atoms with Crippen molar-refractivity contribution in [3.05, 3.63) is 83.4 Å². The van der Waals surface area contributed by atoms with Crippen LogP contribution in [0.5, 0.6) is 0 Å². The molecule has 34 heavy (non-hydrogen) atoms. The molecule has 2 atom stereocenters. The van der Waals surface area contributed by atoms with Crippen LogP contribution in [0.4, 0.5) is 13.6 Å². The number of ether oxygens (including phenoxy) is 1. The summed E-state index contributed by atoms with van der Waals surface area (Å²) in [7, 11) is 1.30. The van der Waals surface area contributed by atoms with Crippen LogP contribution in [0.25, 0.3) is 0 Å². The Hall–Kier alpha value is -3.30. The molecule has 0 bridgehead atoms. The number of nitrogens with zero attached hydrogens (tertiary/aromatic N) is 2. The number of urea groups is 1. The third-order valence-electron chi connectivity index (χ3n) is 5.92. The molecule has 4 rings (SSSR count). The van der Waals surface area contributed by atoms with Crippen molar-refractivity contribution < 1.29 is 23.1 Å². The molecule has 0 saturated carbocycles. The number of benzene rings is 2. The summed E-state index contributed by atoms with van der Waals surface area (Å²) in [4.78, 5) is 17.8. The van der Waals surface area contributed by atoms with E-state index in [0.717, 1.165) is 42.5 Å². The van der Waals surface area contributed by atoms with Crippen LogP contribution in [-0.2, 0) is 15.3 Å². The maximum absolute atomic E-state index is 14.6. The van der Waals surface area contributed by atoms with Gasteiger partial charge in [-0.3, -0.25) is 4.84 Å². The lowest BCUT2D eigenvalue weighted by molar-refractivity contribution is -0.0610. The number of hydrogen-bond acceptors (Lipinski definition) is 5. The van der Waals surface area contributed by atoms with E-state index in [4.69, 9.17) is 9.57 Å². The number of rotatable bonds is 8. The van der Waals surface area contributed by atoms with Crippen LogP contribution in [-0.4, -0.2) is 36.6 Å². The molecule has 0 fully saturated rings. The fraction of sp³-hybridized carbons (Fsp3) is 0.360. The van der Waals surface area contributed by atoms with E-state index in [-0.39, 0.29) is 11.5 Å². The van der Waals surface area contributed by atoms with E-state index >= 15 is 0 Å². The summed E-state index contributed by atoms with van der Waals surface area (Å²) in [6.07, 6.45) is 8.65. The fourth-order valence-corrected chi connectivity index (χ4v) is 4.28. The van der Waals surface area contributed by atoms with E-state index in [0.29, 0.717) is 31.0 Å². The SMILES string of the molecule is CONC(=O)N1N=C(c2cc(F)ccc2F)OC1(CCCNC1C=CCCC1)c1ccccc1. The van der Waals surface area contributed by atoms with Gasteiger partial charge in [0, 0.05) is 18.0 Å². The lowest BCUT2D eigenvalue weighted by Crippen LogP contribution is -2.49. The first-order chi connectivity index (χ1) is 16.5. The molecule has 0 spiro atoms. The zero-order valence-electron chi connectivity index (χ0n) is 19.0. The van der Waals surface area contributed by atoms with Gasteiger partial charge >= 0.3 is 6.03 Å². The lowest BCUT2D eigenvalue weighted by atomic mass is 9.96. The molecule has 2 N–H and O–H groups in total. The lowest BCUT2D eigenvalue weighted by Gasteiger charge is -2.35. The molecule has 0 saturated heterocycles. The van der Waals surface area contributed by atoms with Gasteiger partial charge in [-0.1, -0.05) is 42.5 Å². The second-order valence-corrected chi connectivity index (χ2v) is 8.23. The minimum Gasteiger partial charge on any atom is -0.443 e. The number of hydrazone groups is 1. The highest BCUT2D eigenvalue weighted by Crippen LogP contribution is 2.41. The second-order valence-electron chi connectivity index (χ2n) is 8.23. The predicted molar refractivity (Wildman–Crippen MR) is 123 cm³/mol. The molecule has 1 aliphatic heterocycles.